The van der Waals surface area contributed by atoms with Gasteiger partial charge in [0, 0.05) is 24.8 Å². The molecule has 0 spiro atoms. The first-order valence-corrected chi connectivity index (χ1v) is 6.91. The predicted octanol–water partition coefficient (Wildman–Crippen LogP) is 3.27. The zero-order valence-electron chi connectivity index (χ0n) is 11.3. The molecule has 1 heterocycles. The minimum Gasteiger partial charge on any atom is -0.367 e. The van der Waals surface area contributed by atoms with Gasteiger partial charge in [0.15, 0.2) is 0 Å². The zero-order chi connectivity index (χ0) is 13.2. The van der Waals surface area contributed by atoms with Crippen LogP contribution in [0.15, 0.2) is 48.5 Å². The highest BCUT2D eigenvalue weighted by Crippen LogP contribution is 2.25. The van der Waals surface area contributed by atoms with E-state index in [4.69, 9.17) is 5.73 Å². The van der Waals surface area contributed by atoms with Crippen molar-refractivity contribution < 1.29 is 0 Å². The van der Waals surface area contributed by atoms with Crippen molar-refractivity contribution in [1.29, 1.82) is 0 Å². The summed E-state index contributed by atoms with van der Waals surface area (Å²) >= 11 is 0. The average molecular weight is 252 g/mol. The highest BCUT2D eigenvalue weighted by molar-refractivity contribution is 5.50. The average Bonchev–Trinajstić information content (AvgIpc) is 2.47. The Morgan fingerprint density at radius 1 is 1.00 bits per heavy atom. The Morgan fingerprint density at radius 3 is 2.37 bits per heavy atom. The Morgan fingerprint density at radius 2 is 1.68 bits per heavy atom. The molecule has 1 atom stereocenters. The van der Waals surface area contributed by atoms with Gasteiger partial charge in [0.25, 0.3) is 0 Å². The van der Waals surface area contributed by atoms with Crippen molar-refractivity contribution in [2.45, 2.75) is 25.9 Å². The van der Waals surface area contributed by atoms with Crippen molar-refractivity contribution in [2.24, 2.45) is 5.73 Å². The minimum absolute atomic E-state index is 0.108. The fourth-order valence-corrected chi connectivity index (χ4v) is 2.70. The molecule has 2 aromatic rings. The first-order valence-electron chi connectivity index (χ1n) is 6.91. The van der Waals surface area contributed by atoms with Crippen LogP contribution in [0.5, 0.6) is 0 Å². The van der Waals surface area contributed by atoms with Gasteiger partial charge in [-0.3, -0.25) is 0 Å². The number of rotatable bonds is 2. The number of hydrogen-bond acceptors (Lipinski definition) is 2. The number of nitrogens with two attached hydrogens (primary N) is 1. The second-order valence-corrected chi connectivity index (χ2v) is 5.32. The molecule has 0 aliphatic carbocycles. The molecule has 2 heteroatoms. The summed E-state index contributed by atoms with van der Waals surface area (Å²) in [6.07, 6.45) is 1.13. The number of hydrogen-bond donors (Lipinski definition) is 1. The van der Waals surface area contributed by atoms with Crippen LogP contribution in [-0.4, -0.2) is 6.54 Å². The summed E-state index contributed by atoms with van der Waals surface area (Å²) in [4.78, 5) is 2.44. The summed E-state index contributed by atoms with van der Waals surface area (Å²) in [6, 6.07) is 17.5. The lowest BCUT2D eigenvalue weighted by atomic mass is 9.99. The third-order valence-electron chi connectivity index (χ3n) is 3.91. The summed E-state index contributed by atoms with van der Waals surface area (Å²) in [5, 5.41) is 0. The van der Waals surface area contributed by atoms with Crippen LogP contribution in [-0.2, 0) is 13.0 Å². The zero-order valence-corrected chi connectivity index (χ0v) is 11.3. The van der Waals surface area contributed by atoms with Crippen molar-refractivity contribution in [1.82, 2.24) is 0 Å². The molecule has 0 amide bonds. The molecular weight excluding hydrogens is 232 g/mol. The lowest BCUT2D eigenvalue weighted by Crippen LogP contribution is -2.30. The number of anilines is 1. The maximum absolute atomic E-state index is 5.89. The fraction of sp³-hybridized carbons (Fsp3) is 0.294. The van der Waals surface area contributed by atoms with Gasteiger partial charge in [-0.2, -0.15) is 0 Å². The van der Waals surface area contributed by atoms with Gasteiger partial charge in [-0.1, -0.05) is 36.4 Å². The second-order valence-electron chi connectivity index (χ2n) is 5.32. The molecule has 2 aromatic carbocycles. The van der Waals surface area contributed by atoms with E-state index >= 15 is 0 Å². The highest BCUT2D eigenvalue weighted by atomic mass is 15.1. The molecule has 0 bridgehead atoms. The molecule has 98 valence electrons. The van der Waals surface area contributed by atoms with Crippen LogP contribution in [0, 0.1) is 0 Å². The van der Waals surface area contributed by atoms with Gasteiger partial charge in [-0.15, -0.1) is 0 Å². The molecule has 2 N–H and O–H groups in total. The summed E-state index contributed by atoms with van der Waals surface area (Å²) in [7, 11) is 0. The molecule has 1 aliphatic heterocycles. The van der Waals surface area contributed by atoms with Crippen molar-refractivity contribution in [3.8, 4) is 0 Å². The van der Waals surface area contributed by atoms with Gasteiger partial charge in [0.1, 0.15) is 0 Å². The van der Waals surface area contributed by atoms with Crippen LogP contribution in [0.2, 0.25) is 0 Å². The smallest absolute Gasteiger partial charge is 0.0432 e. The molecule has 1 aliphatic rings. The monoisotopic (exact) mass is 252 g/mol. The van der Waals surface area contributed by atoms with E-state index in [-0.39, 0.29) is 6.04 Å². The summed E-state index contributed by atoms with van der Waals surface area (Å²) in [6.45, 7) is 4.12. The van der Waals surface area contributed by atoms with E-state index in [0.29, 0.717) is 0 Å². The SMILES string of the molecule is C[C@@H](N)c1ccc(N2CCc3ccccc3C2)cc1. The molecule has 19 heavy (non-hydrogen) atoms. The van der Waals surface area contributed by atoms with Crippen molar-refractivity contribution in [3.05, 3.63) is 65.2 Å². The van der Waals surface area contributed by atoms with Crippen molar-refractivity contribution in [3.63, 3.8) is 0 Å². The lowest BCUT2D eigenvalue weighted by Gasteiger charge is -2.31. The quantitative estimate of drug-likeness (QED) is 0.889. The molecular formula is C17H20N2. The van der Waals surface area contributed by atoms with E-state index in [2.05, 4.69) is 53.4 Å². The maximum Gasteiger partial charge on any atom is 0.0432 e. The summed E-state index contributed by atoms with van der Waals surface area (Å²) in [5.74, 6) is 0. The molecule has 0 fully saturated rings. The molecule has 0 aromatic heterocycles. The molecule has 2 nitrogen and oxygen atoms in total. The van der Waals surface area contributed by atoms with E-state index in [1.165, 1.54) is 22.4 Å². The first-order chi connectivity index (χ1) is 9.24. The molecule has 3 rings (SSSR count). The highest BCUT2D eigenvalue weighted by Gasteiger charge is 2.15. The van der Waals surface area contributed by atoms with Crippen LogP contribution in [0.25, 0.3) is 0 Å². The Hall–Kier alpha value is -1.80. The van der Waals surface area contributed by atoms with Crippen LogP contribution in [0.4, 0.5) is 5.69 Å². The van der Waals surface area contributed by atoms with Gasteiger partial charge >= 0.3 is 0 Å². The van der Waals surface area contributed by atoms with Crippen molar-refractivity contribution in [2.75, 3.05) is 11.4 Å². The first kappa shape index (κ1) is 12.2. The van der Waals surface area contributed by atoms with Gasteiger partial charge in [0.2, 0.25) is 0 Å². The van der Waals surface area contributed by atoms with Crippen molar-refractivity contribution >= 4 is 5.69 Å². The van der Waals surface area contributed by atoms with Gasteiger partial charge in [-0.05, 0) is 42.2 Å². The fourth-order valence-electron chi connectivity index (χ4n) is 2.70. The predicted molar refractivity (Wildman–Crippen MR) is 80.2 cm³/mol. The van der Waals surface area contributed by atoms with E-state index in [9.17, 15) is 0 Å². The molecule has 0 saturated heterocycles. The van der Waals surface area contributed by atoms with E-state index in [0.717, 1.165) is 19.5 Å². The van der Waals surface area contributed by atoms with Crippen LogP contribution < -0.4 is 10.6 Å². The van der Waals surface area contributed by atoms with Gasteiger partial charge in [-0.25, -0.2) is 0 Å². The molecule has 0 saturated carbocycles. The van der Waals surface area contributed by atoms with E-state index in [1.54, 1.807) is 0 Å². The summed E-state index contributed by atoms with van der Waals surface area (Å²) < 4.78 is 0. The standard InChI is InChI=1S/C17H20N2/c1-13(18)14-6-8-17(9-7-14)19-11-10-15-4-2-3-5-16(15)12-19/h2-9,13H,10-12,18H2,1H3/t13-/m1/s1. The molecule has 0 radical (unpaired) electrons. The molecule has 0 unspecified atom stereocenters. The third-order valence-corrected chi connectivity index (χ3v) is 3.91. The third kappa shape index (κ3) is 2.49. The van der Waals surface area contributed by atoms with E-state index < -0.39 is 0 Å². The van der Waals surface area contributed by atoms with E-state index in [1.807, 2.05) is 6.92 Å². The van der Waals surface area contributed by atoms with Crippen LogP contribution >= 0.6 is 0 Å². The number of nitrogens with zero attached hydrogens (tertiary/aromatic N) is 1. The van der Waals surface area contributed by atoms with Gasteiger partial charge in [0.05, 0.1) is 0 Å². The summed E-state index contributed by atoms with van der Waals surface area (Å²) in [5.41, 5.74) is 11.3. The minimum atomic E-state index is 0.108. The Balaban J connectivity index is 1.81. The Labute approximate surface area is 114 Å². The Bertz CT molecular complexity index is 558. The van der Waals surface area contributed by atoms with Crippen LogP contribution in [0.1, 0.15) is 29.7 Å². The number of benzene rings is 2. The second kappa shape index (κ2) is 5.06. The maximum atomic E-state index is 5.89. The number of fused-ring (bicyclic) bond motifs is 1. The normalized spacial score (nSPS) is 16.0. The Kier molecular flexibility index (Phi) is 3.26. The largest absolute Gasteiger partial charge is 0.367 e. The topological polar surface area (TPSA) is 29.3 Å². The lowest BCUT2D eigenvalue weighted by molar-refractivity contribution is 0.730. The van der Waals surface area contributed by atoms with Crippen LogP contribution in [0.3, 0.4) is 0 Å². The van der Waals surface area contributed by atoms with Gasteiger partial charge < -0.3 is 10.6 Å².